The largest absolute Gasteiger partial charge is 0.497 e. The van der Waals surface area contributed by atoms with Crippen LogP contribution in [0.4, 0.5) is 10.1 Å². The zero-order valence-corrected chi connectivity index (χ0v) is 19.4. The smallest absolute Gasteiger partial charge is 0.278 e. The van der Waals surface area contributed by atoms with Gasteiger partial charge in [0.25, 0.3) is 11.8 Å². The number of hydrogen-bond acceptors (Lipinski definition) is 5. The average Bonchev–Trinajstić information content (AvgIpc) is 3.06. The Morgan fingerprint density at radius 3 is 2.32 bits per heavy atom. The number of imide groups is 1. The Morgan fingerprint density at radius 2 is 1.65 bits per heavy atom. The Kier molecular flexibility index (Phi) is 6.36. The van der Waals surface area contributed by atoms with Crippen LogP contribution in [0.1, 0.15) is 22.3 Å². The fourth-order valence-electron chi connectivity index (χ4n) is 3.83. The van der Waals surface area contributed by atoms with Crippen molar-refractivity contribution in [1.82, 2.24) is 4.90 Å². The van der Waals surface area contributed by atoms with Crippen molar-refractivity contribution in [3.8, 4) is 11.5 Å². The lowest BCUT2D eigenvalue weighted by molar-refractivity contribution is -0.137. The number of amides is 2. The normalized spacial score (nSPS) is 13.5. The summed E-state index contributed by atoms with van der Waals surface area (Å²) in [6, 6.07) is 16.8. The Morgan fingerprint density at radius 1 is 0.882 bits per heavy atom. The van der Waals surface area contributed by atoms with Gasteiger partial charge in [0.1, 0.15) is 23.0 Å². The minimum atomic E-state index is -0.542. The van der Waals surface area contributed by atoms with Gasteiger partial charge in [-0.1, -0.05) is 36.4 Å². The Labute approximate surface area is 197 Å². The van der Waals surface area contributed by atoms with E-state index < -0.39 is 17.6 Å². The van der Waals surface area contributed by atoms with E-state index in [1.54, 1.807) is 43.5 Å². The molecular weight excluding hydrogens is 435 g/mol. The van der Waals surface area contributed by atoms with E-state index in [0.717, 1.165) is 16.0 Å². The molecule has 1 aliphatic rings. The Balaban J connectivity index is 1.80. The highest BCUT2D eigenvalue weighted by molar-refractivity contribution is 6.36. The third kappa shape index (κ3) is 4.24. The molecule has 0 bridgehead atoms. The highest BCUT2D eigenvalue weighted by Crippen LogP contribution is 2.36. The van der Waals surface area contributed by atoms with Crippen molar-refractivity contribution < 1.29 is 23.5 Å². The molecule has 3 aromatic rings. The minimum Gasteiger partial charge on any atom is -0.497 e. The summed E-state index contributed by atoms with van der Waals surface area (Å²) in [5, 5.41) is 3.10. The molecule has 0 spiro atoms. The molecule has 1 N–H and O–H groups in total. The summed E-state index contributed by atoms with van der Waals surface area (Å²) in [6.07, 6.45) is 0. The lowest BCUT2D eigenvalue weighted by atomic mass is 9.99. The first-order valence-electron chi connectivity index (χ1n) is 10.7. The van der Waals surface area contributed by atoms with E-state index in [2.05, 4.69) is 5.32 Å². The molecule has 0 fully saturated rings. The molecule has 6 nitrogen and oxygen atoms in total. The van der Waals surface area contributed by atoms with E-state index in [1.165, 1.54) is 13.2 Å². The molecule has 2 amide bonds. The van der Waals surface area contributed by atoms with E-state index in [0.29, 0.717) is 22.7 Å². The van der Waals surface area contributed by atoms with Gasteiger partial charge in [-0.3, -0.25) is 14.5 Å². The maximum atomic E-state index is 14.3. The maximum absolute atomic E-state index is 14.3. The van der Waals surface area contributed by atoms with E-state index >= 15 is 0 Å². The van der Waals surface area contributed by atoms with E-state index in [4.69, 9.17) is 9.47 Å². The number of halogens is 1. The lowest BCUT2D eigenvalue weighted by Crippen LogP contribution is -2.32. The molecule has 0 aliphatic carbocycles. The number of ether oxygens (including phenoxy) is 2. The minimum absolute atomic E-state index is 0.105. The number of carbonyl (C=O) groups is 2. The zero-order chi connectivity index (χ0) is 24.4. The van der Waals surface area contributed by atoms with E-state index in [1.807, 2.05) is 32.0 Å². The van der Waals surface area contributed by atoms with Crippen LogP contribution < -0.4 is 14.8 Å². The summed E-state index contributed by atoms with van der Waals surface area (Å²) in [5.41, 5.74) is 3.73. The third-order valence-electron chi connectivity index (χ3n) is 5.92. The summed E-state index contributed by atoms with van der Waals surface area (Å²) in [4.78, 5) is 28.1. The second kappa shape index (κ2) is 9.39. The van der Waals surface area contributed by atoms with Crippen molar-refractivity contribution in [2.24, 2.45) is 0 Å². The van der Waals surface area contributed by atoms with Gasteiger partial charge in [-0.15, -0.1) is 0 Å². The molecular formula is C27H25FN2O4. The van der Waals surface area contributed by atoms with Crippen molar-refractivity contribution in [1.29, 1.82) is 0 Å². The Bertz CT molecular complexity index is 1320. The van der Waals surface area contributed by atoms with Crippen molar-refractivity contribution in [3.63, 3.8) is 0 Å². The molecule has 0 saturated carbocycles. The van der Waals surface area contributed by atoms with Crippen molar-refractivity contribution in [2.45, 2.75) is 20.4 Å². The number of rotatable bonds is 7. The molecule has 1 heterocycles. The van der Waals surface area contributed by atoms with Crippen LogP contribution in [-0.4, -0.2) is 30.9 Å². The maximum Gasteiger partial charge on any atom is 0.278 e. The molecule has 0 unspecified atom stereocenters. The number of methoxy groups -OCH3 is 2. The zero-order valence-electron chi connectivity index (χ0n) is 19.4. The van der Waals surface area contributed by atoms with Gasteiger partial charge in [0, 0.05) is 11.6 Å². The van der Waals surface area contributed by atoms with Gasteiger partial charge < -0.3 is 14.8 Å². The average molecular weight is 461 g/mol. The third-order valence-corrected chi connectivity index (χ3v) is 5.92. The van der Waals surface area contributed by atoms with Gasteiger partial charge in [0.2, 0.25) is 0 Å². The quantitative estimate of drug-likeness (QED) is 0.511. The van der Waals surface area contributed by atoms with Crippen molar-refractivity contribution in [2.75, 3.05) is 19.5 Å². The van der Waals surface area contributed by atoms with E-state index in [9.17, 15) is 14.0 Å². The van der Waals surface area contributed by atoms with Crippen LogP contribution in [-0.2, 0) is 16.1 Å². The van der Waals surface area contributed by atoms with Crippen LogP contribution in [0.25, 0.3) is 5.57 Å². The SMILES string of the molecule is COc1ccc(NC2=C(c3ccc(C)c(C)c3)C(=O)N(Cc3ccccc3F)C2=O)c(OC)c1. The molecule has 7 heteroatoms. The molecule has 1 aliphatic heterocycles. The van der Waals surface area contributed by atoms with Crippen molar-refractivity contribution in [3.05, 3.63) is 94.4 Å². The molecule has 0 atom stereocenters. The predicted octanol–water partition coefficient (Wildman–Crippen LogP) is 4.85. The topological polar surface area (TPSA) is 67.9 Å². The molecule has 4 rings (SSSR count). The number of hydrogen-bond donors (Lipinski definition) is 1. The summed E-state index contributed by atoms with van der Waals surface area (Å²) in [5.74, 6) is -0.486. The number of nitrogens with zero attached hydrogens (tertiary/aromatic N) is 1. The second-order valence-electron chi connectivity index (χ2n) is 8.03. The number of benzene rings is 3. The van der Waals surface area contributed by atoms with Gasteiger partial charge in [-0.05, 0) is 48.7 Å². The fraction of sp³-hybridized carbons (Fsp3) is 0.185. The monoisotopic (exact) mass is 460 g/mol. The number of anilines is 1. The van der Waals surface area contributed by atoms with Crippen LogP contribution in [0.3, 0.4) is 0 Å². The van der Waals surface area contributed by atoms with Gasteiger partial charge in [-0.25, -0.2) is 4.39 Å². The highest BCUT2D eigenvalue weighted by atomic mass is 19.1. The lowest BCUT2D eigenvalue weighted by Gasteiger charge is -2.16. The molecule has 0 aromatic heterocycles. The fourth-order valence-corrected chi connectivity index (χ4v) is 3.83. The number of aryl methyl sites for hydroxylation is 2. The number of nitrogens with one attached hydrogen (secondary N) is 1. The number of carbonyl (C=O) groups excluding carboxylic acids is 2. The predicted molar refractivity (Wildman–Crippen MR) is 128 cm³/mol. The summed E-state index contributed by atoms with van der Waals surface area (Å²) in [6.45, 7) is 3.74. The van der Waals surface area contributed by atoms with Crippen molar-refractivity contribution >= 4 is 23.1 Å². The summed E-state index contributed by atoms with van der Waals surface area (Å²) < 4.78 is 25.0. The van der Waals surface area contributed by atoms with Crippen LogP contribution in [0.15, 0.2) is 66.4 Å². The molecule has 3 aromatic carbocycles. The summed E-state index contributed by atoms with van der Waals surface area (Å²) >= 11 is 0. The molecule has 34 heavy (non-hydrogen) atoms. The van der Waals surface area contributed by atoms with Gasteiger partial charge >= 0.3 is 0 Å². The second-order valence-corrected chi connectivity index (χ2v) is 8.03. The van der Waals surface area contributed by atoms with Crippen LogP contribution in [0.2, 0.25) is 0 Å². The van der Waals surface area contributed by atoms with Crippen LogP contribution >= 0.6 is 0 Å². The highest BCUT2D eigenvalue weighted by Gasteiger charge is 2.40. The standard InChI is InChI=1S/C27H25FN2O4/c1-16-9-10-18(13-17(16)2)24-25(29-22-12-11-20(33-3)14-23(22)34-4)27(32)30(26(24)31)15-19-7-5-6-8-21(19)28/h5-14,29H,15H2,1-4H3. The molecule has 0 saturated heterocycles. The van der Waals surface area contributed by atoms with Gasteiger partial charge in [0.15, 0.2) is 0 Å². The van der Waals surface area contributed by atoms with Gasteiger partial charge in [-0.2, -0.15) is 0 Å². The first-order chi connectivity index (χ1) is 16.3. The van der Waals surface area contributed by atoms with Gasteiger partial charge in [0.05, 0.1) is 32.0 Å². The molecule has 0 radical (unpaired) electrons. The van der Waals surface area contributed by atoms with Crippen LogP contribution in [0.5, 0.6) is 11.5 Å². The Hall–Kier alpha value is -4.13. The van der Waals surface area contributed by atoms with Crippen LogP contribution in [0, 0.1) is 19.7 Å². The van der Waals surface area contributed by atoms with E-state index in [-0.39, 0.29) is 23.4 Å². The summed E-state index contributed by atoms with van der Waals surface area (Å²) in [7, 11) is 3.05. The first-order valence-corrected chi connectivity index (χ1v) is 10.7. The molecule has 174 valence electrons. The first kappa shape index (κ1) is 23.0.